The number of hydrogen-bond acceptors (Lipinski definition) is 2. The Morgan fingerprint density at radius 1 is 1.32 bits per heavy atom. The summed E-state index contributed by atoms with van der Waals surface area (Å²) < 4.78 is 56.2. The Hall–Kier alpha value is -1.50. The maximum absolute atomic E-state index is 13.3. The van der Waals surface area contributed by atoms with Crippen LogP contribution in [0.1, 0.15) is 23.6 Å². The number of alkyl halides is 3. The van der Waals surface area contributed by atoms with Crippen molar-refractivity contribution < 1.29 is 27.1 Å². The summed E-state index contributed by atoms with van der Waals surface area (Å²) in [6.07, 6.45) is -5.44. The number of carbonyl (C=O) groups excluding carboxylic acids is 1. The molecule has 0 spiro atoms. The molecule has 1 saturated heterocycles. The fourth-order valence-corrected chi connectivity index (χ4v) is 1.89. The van der Waals surface area contributed by atoms with Crippen molar-refractivity contribution in [1.29, 1.82) is 0 Å². The van der Waals surface area contributed by atoms with E-state index in [0.29, 0.717) is 0 Å². The molecule has 1 aliphatic rings. The van der Waals surface area contributed by atoms with Gasteiger partial charge in [-0.1, -0.05) is 12.1 Å². The van der Waals surface area contributed by atoms with Crippen LogP contribution in [0.5, 0.6) is 0 Å². The van der Waals surface area contributed by atoms with Crippen LogP contribution in [-0.4, -0.2) is 12.7 Å². The van der Waals surface area contributed by atoms with Crippen LogP contribution < -0.4 is 5.32 Å². The number of alkyl carbamates (subject to hydrolysis) is 1. The highest BCUT2D eigenvalue weighted by Gasteiger charge is 2.39. The number of amides is 1. The van der Waals surface area contributed by atoms with Gasteiger partial charge in [-0.2, -0.15) is 13.2 Å². The molecule has 8 heteroatoms. The first-order chi connectivity index (χ1) is 8.39. The lowest BCUT2D eigenvalue weighted by molar-refractivity contribution is -0.141. The molecule has 1 aromatic rings. The molecule has 1 fully saturated rings. The number of carbonyl (C=O) groups is 1. The first-order valence-electron chi connectivity index (χ1n) is 5.18. The molecule has 2 rings (SSSR count). The number of rotatable bonds is 1. The summed E-state index contributed by atoms with van der Waals surface area (Å²) in [6, 6.07) is 2.19. The molecule has 1 aliphatic heterocycles. The molecular formula is C11H10ClF4NO2. The van der Waals surface area contributed by atoms with Gasteiger partial charge in [0.25, 0.3) is 0 Å². The Morgan fingerprint density at radius 2 is 2.00 bits per heavy atom. The molecule has 3 nitrogen and oxygen atoms in total. The number of nitrogens with one attached hydrogen (secondary N) is 1. The van der Waals surface area contributed by atoms with Gasteiger partial charge in [0.1, 0.15) is 5.82 Å². The largest absolute Gasteiger partial charge is 0.449 e. The standard InChI is InChI=1S/C11H9F4NO2.ClH/c12-7-3-1-2-6(9(7)11(13,14)15)8-4-5-18-10(17)16-8;/h1-3,8H,4-5H2,(H,16,17);1H/t8-;/m1./s1. The molecule has 0 aromatic heterocycles. The third-order valence-corrected chi connectivity index (χ3v) is 2.64. The number of halogens is 5. The van der Waals surface area contributed by atoms with Crippen LogP contribution in [0.25, 0.3) is 0 Å². The molecule has 106 valence electrons. The summed E-state index contributed by atoms with van der Waals surface area (Å²) in [5, 5.41) is 2.24. The van der Waals surface area contributed by atoms with Crippen molar-refractivity contribution in [2.45, 2.75) is 18.6 Å². The Bertz CT molecular complexity index is 478. The molecule has 1 atom stereocenters. The van der Waals surface area contributed by atoms with Crippen LogP contribution >= 0.6 is 12.4 Å². The smallest absolute Gasteiger partial charge is 0.419 e. The zero-order valence-electron chi connectivity index (χ0n) is 9.46. The van der Waals surface area contributed by atoms with Gasteiger partial charge in [0.05, 0.1) is 18.2 Å². The Morgan fingerprint density at radius 3 is 2.58 bits per heavy atom. The van der Waals surface area contributed by atoms with Crippen LogP contribution in [0.15, 0.2) is 18.2 Å². The van der Waals surface area contributed by atoms with E-state index in [0.717, 1.165) is 12.1 Å². The van der Waals surface area contributed by atoms with Gasteiger partial charge < -0.3 is 10.1 Å². The average Bonchev–Trinajstić information content (AvgIpc) is 2.27. The van der Waals surface area contributed by atoms with E-state index >= 15 is 0 Å². The van der Waals surface area contributed by atoms with Gasteiger partial charge in [-0.05, 0) is 11.6 Å². The summed E-state index contributed by atoms with van der Waals surface area (Å²) >= 11 is 0. The number of cyclic esters (lactones) is 1. The number of hydrogen-bond donors (Lipinski definition) is 1. The summed E-state index contributed by atoms with van der Waals surface area (Å²) in [6.45, 7) is 0.00428. The maximum Gasteiger partial charge on any atom is 0.419 e. The highest BCUT2D eigenvalue weighted by Crippen LogP contribution is 2.37. The molecule has 1 heterocycles. The normalized spacial score (nSPS) is 19.2. The van der Waals surface area contributed by atoms with E-state index in [4.69, 9.17) is 0 Å². The Kier molecular flexibility index (Phi) is 4.62. The van der Waals surface area contributed by atoms with Crippen LogP contribution in [-0.2, 0) is 10.9 Å². The summed E-state index contributed by atoms with van der Waals surface area (Å²) in [7, 11) is 0. The fraction of sp³-hybridized carbons (Fsp3) is 0.364. The summed E-state index contributed by atoms with van der Waals surface area (Å²) in [5.74, 6) is -1.35. The zero-order chi connectivity index (χ0) is 13.3. The van der Waals surface area contributed by atoms with Crippen LogP contribution in [0, 0.1) is 5.82 Å². The third kappa shape index (κ3) is 3.28. The SMILES string of the molecule is Cl.O=C1N[C@@H](c2cccc(F)c2C(F)(F)F)CCO1. The zero-order valence-corrected chi connectivity index (χ0v) is 10.3. The third-order valence-electron chi connectivity index (χ3n) is 2.64. The van der Waals surface area contributed by atoms with Gasteiger partial charge in [0.15, 0.2) is 0 Å². The number of ether oxygens (including phenoxy) is 1. The second-order valence-corrected chi connectivity index (χ2v) is 3.82. The van der Waals surface area contributed by atoms with Crippen molar-refractivity contribution in [3.8, 4) is 0 Å². The monoisotopic (exact) mass is 299 g/mol. The van der Waals surface area contributed by atoms with Gasteiger partial charge in [-0.25, -0.2) is 9.18 Å². The van der Waals surface area contributed by atoms with Crippen molar-refractivity contribution in [2.24, 2.45) is 0 Å². The lowest BCUT2D eigenvalue weighted by Crippen LogP contribution is -2.36. The van der Waals surface area contributed by atoms with E-state index in [1.165, 1.54) is 6.07 Å². The van der Waals surface area contributed by atoms with Gasteiger partial charge in [-0.3, -0.25) is 0 Å². The molecule has 0 aliphatic carbocycles. The molecule has 19 heavy (non-hydrogen) atoms. The van der Waals surface area contributed by atoms with Crippen LogP contribution in [0.4, 0.5) is 22.4 Å². The van der Waals surface area contributed by atoms with Crippen molar-refractivity contribution in [2.75, 3.05) is 6.61 Å². The molecular weight excluding hydrogens is 290 g/mol. The van der Waals surface area contributed by atoms with Crippen molar-refractivity contribution in [3.63, 3.8) is 0 Å². The second kappa shape index (κ2) is 5.64. The average molecular weight is 300 g/mol. The van der Waals surface area contributed by atoms with Crippen molar-refractivity contribution >= 4 is 18.5 Å². The minimum absolute atomic E-state index is 0. The van der Waals surface area contributed by atoms with E-state index in [-0.39, 0.29) is 31.0 Å². The van der Waals surface area contributed by atoms with Crippen LogP contribution in [0.2, 0.25) is 0 Å². The van der Waals surface area contributed by atoms with E-state index in [1.54, 1.807) is 0 Å². The topological polar surface area (TPSA) is 38.3 Å². The van der Waals surface area contributed by atoms with E-state index in [9.17, 15) is 22.4 Å². The predicted molar refractivity (Wildman–Crippen MR) is 60.5 cm³/mol. The highest BCUT2D eigenvalue weighted by molar-refractivity contribution is 5.85. The highest BCUT2D eigenvalue weighted by atomic mass is 35.5. The lowest BCUT2D eigenvalue weighted by Gasteiger charge is -2.26. The molecule has 0 bridgehead atoms. The minimum atomic E-state index is -4.80. The number of benzene rings is 1. The molecule has 0 radical (unpaired) electrons. The van der Waals surface area contributed by atoms with E-state index in [1.807, 2.05) is 0 Å². The Balaban J connectivity index is 0.00000180. The fourth-order valence-electron chi connectivity index (χ4n) is 1.89. The van der Waals surface area contributed by atoms with Crippen molar-refractivity contribution in [1.82, 2.24) is 5.32 Å². The molecule has 1 aromatic carbocycles. The second-order valence-electron chi connectivity index (χ2n) is 3.82. The quantitative estimate of drug-likeness (QED) is 0.807. The predicted octanol–water partition coefficient (Wildman–Crippen LogP) is 3.44. The molecule has 0 saturated carbocycles. The first-order valence-corrected chi connectivity index (χ1v) is 5.18. The summed E-state index contributed by atoms with van der Waals surface area (Å²) in [4.78, 5) is 11.0. The van der Waals surface area contributed by atoms with E-state index in [2.05, 4.69) is 10.1 Å². The molecule has 1 N–H and O–H groups in total. The van der Waals surface area contributed by atoms with Gasteiger partial charge >= 0.3 is 12.3 Å². The molecule has 1 amide bonds. The van der Waals surface area contributed by atoms with E-state index < -0.39 is 29.7 Å². The lowest BCUT2D eigenvalue weighted by atomic mass is 9.97. The Labute approximate surface area is 112 Å². The minimum Gasteiger partial charge on any atom is -0.449 e. The van der Waals surface area contributed by atoms with Gasteiger partial charge in [-0.15, -0.1) is 12.4 Å². The van der Waals surface area contributed by atoms with Crippen molar-refractivity contribution in [3.05, 3.63) is 35.1 Å². The molecule has 0 unspecified atom stereocenters. The summed E-state index contributed by atoms with van der Waals surface area (Å²) in [5.41, 5.74) is -1.61. The van der Waals surface area contributed by atoms with Gasteiger partial charge in [0.2, 0.25) is 0 Å². The first kappa shape index (κ1) is 15.6. The maximum atomic E-state index is 13.3. The van der Waals surface area contributed by atoms with Crippen LogP contribution in [0.3, 0.4) is 0 Å². The van der Waals surface area contributed by atoms with Gasteiger partial charge in [0, 0.05) is 6.42 Å².